The fourth-order valence-electron chi connectivity index (χ4n) is 2.54. The van der Waals surface area contributed by atoms with Gasteiger partial charge in [0, 0.05) is 12.7 Å². The Kier molecular flexibility index (Phi) is 4.79. The van der Waals surface area contributed by atoms with Crippen molar-refractivity contribution in [1.29, 1.82) is 0 Å². The number of fused-ring (bicyclic) bond motifs is 1. The van der Waals surface area contributed by atoms with E-state index in [1.54, 1.807) is 7.11 Å². The maximum atomic E-state index is 6.30. The normalized spacial score (nSPS) is 13.6. The van der Waals surface area contributed by atoms with Crippen molar-refractivity contribution in [3.05, 3.63) is 24.0 Å². The van der Waals surface area contributed by atoms with Crippen LogP contribution in [0.5, 0.6) is 5.75 Å². The summed E-state index contributed by atoms with van der Waals surface area (Å²) >= 11 is 6.30. The smallest absolute Gasteiger partial charge is 0.127 e. The third-order valence-corrected chi connectivity index (χ3v) is 3.61. The summed E-state index contributed by atoms with van der Waals surface area (Å²) in [6.07, 6.45) is 0. The van der Waals surface area contributed by atoms with E-state index in [9.17, 15) is 0 Å². The molecule has 0 fully saturated rings. The number of aromatic nitrogens is 2. The van der Waals surface area contributed by atoms with Crippen LogP contribution in [0.25, 0.3) is 11.0 Å². The highest BCUT2D eigenvalue weighted by molar-refractivity contribution is 6.20. The number of halogens is 1. The van der Waals surface area contributed by atoms with Crippen molar-refractivity contribution in [3.8, 4) is 5.75 Å². The van der Waals surface area contributed by atoms with Crippen molar-refractivity contribution in [1.82, 2.24) is 9.55 Å². The molecule has 2 aromatic rings. The van der Waals surface area contributed by atoms with Crippen LogP contribution in [0.4, 0.5) is 0 Å². The van der Waals surface area contributed by atoms with Crippen LogP contribution in [-0.4, -0.2) is 28.9 Å². The monoisotopic (exact) mass is 310 g/mol. The van der Waals surface area contributed by atoms with E-state index in [4.69, 9.17) is 21.1 Å². The molecule has 0 aliphatic rings. The Hall–Kier alpha value is -1.26. The number of hydrogen-bond donors (Lipinski definition) is 0. The fraction of sp³-hybridized carbons (Fsp3) is 0.562. The van der Waals surface area contributed by atoms with E-state index in [-0.39, 0.29) is 11.0 Å². The number of benzene rings is 1. The Morgan fingerprint density at radius 3 is 2.67 bits per heavy atom. The maximum absolute atomic E-state index is 6.30. The summed E-state index contributed by atoms with van der Waals surface area (Å²) in [5.74, 6) is 1.67. The molecule has 0 radical (unpaired) electrons. The number of methoxy groups -OCH3 is 1. The first kappa shape index (κ1) is 16.1. The molecule has 21 heavy (non-hydrogen) atoms. The van der Waals surface area contributed by atoms with Gasteiger partial charge in [-0.3, -0.25) is 0 Å². The topological polar surface area (TPSA) is 36.3 Å². The largest absolute Gasteiger partial charge is 0.497 e. The summed E-state index contributed by atoms with van der Waals surface area (Å²) in [5, 5.41) is -0.166. The van der Waals surface area contributed by atoms with Crippen LogP contribution in [0.1, 0.15) is 38.9 Å². The highest BCUT2D eigenvalue weighted by Crippen LogP contribution is 2.29. The summed E-state index contributed by atoms with van der Waals surface area (Å²) < 4.78 is 13.3. The van der Waals surface area contributed by atoms with Gasteiger partial charge in [0.25, 0.3) is 0 Å². The lowest BCUT2D eigenvalue weighted by Gasteiger charge is -2.26. The molecule has 2 rings (SSSR count). The first-order valence-electron chi connectivity index (χ1n) is 7.20. The van der Waals surface area contributed by atoms with Crippen LogP contribution in [0.2, 0.25) is 0 Å². The lowest BCUT2D eigenvalue weighted by atomic mass is 10.1. The summed E-state index contributed by atoms with van der Waals surface area (Å²) in [5.41, 5.74) is 1.65. The van der Waals surface area contributed by atoms with Crippen LogP contribution in [0, 0.1) is 0 Å². The van der Waals surface area contributed by atoms with Gasteiger partial charge in [-0.05, 0) is 39.8 Å². The molecular formula is C16H23ClN2O2. The number of imidazole rings is 1. The molecule has 1 unspecified atom stereocenters. The average molecular weight is 311 g/mol. The molecule has 0 N–H and O–H groups in total. The Balaban J connectivity index is 2.54. The van der Waals surface area contributed by atoms with E-state index in [0.29, 0.717) is 13.2 Å². The molecule has 0 aliphatic carbocycles. The first-order valence-corrected chi connectivity index (χ1v) is 7.64. The van der Waals surface area contributed by atoms with E-state index >= 15 is 0 Å². The van der Waals surface area contributed by atoms with Crippen LogP contribution in [0.15, 0.2) is 18.2 Å². The Labute approximate surface area is 131 Å². The van der Waals surface area contributed by atoms with Gasteiger partial charge < -0.3 is 14.0 Å². The molecular weight excluding hydrogens is 288 g/mol. The molecule has 0 saturated heterocycles. The Morgan fingerprint density at radius 2 is 2.10 bits per heavy atom. The lowest BCUT2D eigenvalue weighted by molar-refractivity contribution is -0.0221. The van der Waals surface area contributed by atoms with Crippen LogP contribution in [-0.2, 0) is 11.3 Å². The molecule has 1 aromatic carbocycles. The van der Waals surface area contributed by atoms with Crippen molar-refractivity contribution in [2.45, 2.75) is 45.2 Å². The fourth-order valence-corrected chi connectivity index (χ4v) is 2.70. The molecule has 0 spiro atoms. The molecule has 1 heterocycles. The van der Waals surface area contributed by atoms with E-state index in [2.05, 4.69) is 23.4 Å². The van der Waals surface area contributed by atoms with Crippen LogP contribution < -0.4 is 4.74 Å². The van der Waals surface area contributed by atoms with E-state index < -0.39 is 0 Å². The van der Waals surface area contributed by atoms with Crippen molar-refractivity contribution in [2.24, 2.45) is 0 Å². The van der Waals surface area contributed by atoms with Gasteiger partial charge >= 0.3 is 0 Å². The third kappa shape index (κ3) is 3.50. The summed E-state index contributed by atoms with van der Waals surface area (Å²) in [6, 6.07) is 5.87. The quantitative estimate of drug-likeness (QED) is 0.752. The summed E-state index contributed by atoms with van der Waals surface area (Å²) in [4.78, 5) is 4.65. The SMILES string of the molecule is CCOC(C)(C)Cn1c(C(C)Cl)nc2ccc(OC)cc21. The Morgan fingerprint density at radius 1 is 1.38 bits per heavy atom. The number of hydrogen-bond acceptors (Lipinski definition) is 3. The predicted octanol–water partition coefficient (Wildman–Crippen LogP) is 4.16. The zero-order valence-electron chi connectivity index (χ0n) is 13.3. The molecule has 116 valence electrons. The number of alkyl halides is 1. The van der Waals surface area contributed by atoms with E-state index in [1.165, 1.54) is 0 Å². The number of rotatable bonds is 6. The number of nitrogens with zero attached hydrogens (tertiary/aromatic N) is 2. The maximum Gasteiger partial charge on any atom is 0.127 e. The molecule has 1 atom stereocenters. The van der Waals surface area contributed by atoms with E-state index in [0.717, 1.165) is 22.6 Å². The van der Waals surface area contributed by atoms with Gasteiger partial charge in [0.1, 0.15) is 11.6 Å². The molecule has 1 aromatic heterocycles. The predicted molar refractivity (Wildman–Crippen MR) is 86.3 cm³/mol. The van der Waals surface area contributed by atoms with Crippen LogP contribution >= 0.6 is 11.6 Å². The second kappa shape index (κ2) is 6.24. The highest BCUT2D eigenvalue weighted by Gasteiger charge is 2.24. The van der Waals surface area contributed by atoms with Crippen molar-refractivity contribution < 1.29 is 9.47 Å². The van der Waals surface area contributed by atoms with Gasteiger partial charge in [-0.1, -0.05) is 0 Å². The standard InChI is InChI=1S/C16H23ClN2O2/c1-6-21-16(3,4)10-19-14-9-12(20-5)7-8-13(14)18-15(19)11(2)17/h7-9,11H,6,10H2,1-5H3. The summed E-state index contributed by atoms with van der Waals surface area (Å²) in [6.45, 7) is 9.45. The minimum absolute atomic E-state index is 0.166. The zero-order chi connectivity index (χ0) is 15.6. The molecule has 0 aliphatic heterocycles. The van der Waals surface area contributed by atoms with Crippen molar-refractivity contribution in [3.63, 3.8) is 0 Å². The molecule has 0 amide bonds. The van der Waals surface area contributed by atoms with Gasteiger partial charge in [0.15, 0.2) is 0 Å². The number of ether oxygens (including phenoxy) is 2. The van der Waals surface area contributed by atoms with Crippen molar-refractivity contribution >= 4 is 22.6 Å². The second-order valence-electron chi connectivity index (χ2n) is 5.72. The molecule has 0 saturated carbocycles. The van der Waals surface area contributed by atoms with E-state index in [1.807, 2.05) is 32.0 Å². The van der Waals surface area contributed by atoms with Crippen LogP contribution in [0.3, 0.4) is 0 Å². The minimum Gasteiger partial charge on any atom is -0.497 e. The Bertz CT molecular complexity index is 620. The van der Waals surface area contributed by atoms with Gasteiger partial charge in [0.2, 0.25) is 0 Å². The van der Waals surface area contributed by atoms with Gasteiger partial charge in [-0.15, -0.1) is 11.6 Å². The first-order chi connectivity index (χ1) is 9.88. The lowest BCUT2D eigenvalue weighted by Crippen LogP contribution is -2.31. The van der Waals surface area contributed by atoms with Gasteiger partial charge in [-0.25, -0.2) is 4.98 Å². The van der Waals surface area contributed by atoms with Gasteiger partial charge in [0.05, 0.1) is 35.7 Å². The zero-order valence-corrected chi connectivity index (χ0v) is 14.1. The summed E-state index contributed by atoms with van der Waals surface area (Å²) in [7, 11) is 1.66. The highest BCUT2D eigenvalue weighted by atomic mass is 35.5. The van der Waals surface area contributed by atoms with Crippen molar-refractivity contribution in [2.75, 3.05) is 13.7 Å². The molecule has 4 nitrogen and oxygen atoms in total. The average Bonchev–Trinajstić information content (AvgIpc) is 2.76. The molecule has 0 bridgehead atoms. The second-order valence-corrected chi connectivity index (χ2v) is 6.37. The third-order valence-electron chi connectivity index (χ3n) is 3.41. The molecule has 5 heteroatoms. The van der Waals surface area contributed by atoms with Gasteiger partial charge in [-0.2, -0.15) is 0 Å². The minimum atomic E-state index is -0.286.